The smallest absolute Gasteiger partial charge is 0.296 e. The number of phenolic OH excluding ortho intramolecular Hbond substituents is 3. The quantitative estimate of drug-likeness (QED) is 0.0464. The van der Waals surface area contributed by atoms with Crippen LogP contribution < -0.4 is 0 Å². The van der Waals surface area contributed by atoms with Crippen molar-refractivity contribution in [2.75, 3.05) is 0 Å². The van der Waals surface area contributed by atoms with Gasteiger partial charge in [0.05, 0.1) is 44.7 Å². The maximum Gasteiger partial charge on any atom is 0.296 e. The molecule has 0 atom stereocenters. The summed E-state index contributed by atoms with van der Waals surface area (Å²) in [6.07, 6.45) is 0. The molecule has 0 unspecified atom stereocenters. The van der Waals surface area contributed by atoms with Crippen LogP contribution in [-0.4, -0.2) is 54.2 Å². The normalized spacial score (nSPS) is 12.8. The SMILES string of the molecule is Cc1cc(N=Nc2cc(O)c(N=Nc3c(S(=O)(=O)O)cc4cc(N=Nc5ccc(O)cc5)ccc4c3O)cc2C)ccc1N=Nc1ccc(N=Nc2ccc(S(=O)(=O)O)cc2S(=O)(=O)O)c(C)c1. The van der Waals surface area contributed by atoms with Crippen LogP contribution in [0.4, 0.5) is 56.9 Å². The molecule has 0 fully saturated rings. The third kappa shape index (κ3) is 11.3. The van der Waals surface area contributed by atoms with Crippen molar-refractivity contribution in [2.45, 2.75) is 35.5 Å². The second-order valence-electron chi connectivity index (χ2n) is 14.6. The molecule has 0 heterocycles. The molecule has 0 aromatic heterocycles. The molecule has 0 radical (unpaired) electrons. The highest BCUT2D eigenvalue weighted by Crippen LogP contribution is 2.44. The maximum absolute atomic E-state index is 12.5. The zero-order valence-electron chi connectivity index (χ0n) is 35.3. The minimum atomic E-state index is -4.96. The molecule has 0 aliphatic heterocycles. The molecule has 0 spiro atoms. The molecular formula is C43H34N10O12S3. The van der Waals surface area contributed by atoms with E-state index in [1.54, 1.807) is 51.1 Å². The number of benzene rings is 7. The Labute approximate surface area is 386 Å². The van der Waals surface area contributed by atoms with Gasteiger partial charge in [-0.25, -0.2) is 0 Å². The van der Waals surface area contributed by atoms with Crippen molar-refractivity contribution in [3.05, 3.63) is 132 Å². The summed E-state index contributed by atoms with van der Waals surface area (Å²) in [6.45, 7) is 5.10. The monoisotopic (exact) mass is 978 g/mol. The van der Waals surface area contributed by atoms with E-state index in [0.29, 0.717) is 45.5 Å². The number of nitrogens with zero attached hydrogens (tertiary/aromatic N) is 10. The third-order valence-electron chi connectivity index (χ3n) is 9.67. The predicted molar refractivity (Wildman–Crippen MR) is 246 cm³/mol. The molecular weight excluding hydrogens is 945 g/mol. The lowest BCUT2D eigenvalue weighted by atomic mass is 10.1. The van der Waals surface area contributed by atoms with E-state index in [1.807, 2.05) is 0 Å². The molecule has 68 heavy (non-hydrogen) atoms. The lowest BCUT2D eigenvalue weighted by Gasteiger charge is -2.09. The van der Waals surface area contributed by atoms with E-state index in [0.717, 1.165) is 18.2 Å². The number of aromatic hydroxyl groups is 3. The number of rotatable bonds is 13. The summed E-state index contributed by atoms with van der Waals surface area (Å²) in [4.78, 5) is -2.40. The minimum Gasteiger partial charge on any atom is -0.508 e. The second kappa shape index (κ2) is 19.0. The van der Waals surface area contributed by atoms with Crippen LogP contribution in [0.3, 0.4) is 0 Å². The summed E-state index contributed by atoms with van der Waals surface area (Å²) in [5, 5.41) is 72.8. The molecule has 0 saturated heterocycles. The van der Waals surface area contributed by atoms with Gasteiger partial charge in [-0.2, -0.15) is 61.1 Å². The van der Waals surface area contributed by atoms with Gasteiger partial charge in [0, 0.05) is 11.5 Å². The highest BCUT2D eigenvalue weighted by atomic mass is 32.2. The van der Waals surface area contributed by atoms with E-state index in [-0.39, 0.29) is 45.0 Å². The van der Waals surface area contributed by atoms with E-state index in [1.165, 1.54) is 60.7 Å². The van der Waals surface area contributed by atoms with Crippen molar-refractivity contribution in [3.63, 3.8) is 0 Å². The van der Waals surface area contributed by atoms with Gasteiger partial charge in [-0.05, 0) is 152 Å². The van der Waals surface area contributed by atoms with Crippen molar-refractivity contribution in [1.82, 2.24) is 0 Å². The van der Waals surface area contributed by atoms with Crippen molar-refractivity contribution in [2.24, 2.45) is 51.1 Å². The molecule has 0 amide bonds. The van der Waals surface area contributed by atoms with Crippen LogP contribution in [0.5, 0.6) is 17.2 Å². The van der Waals surface area contributed by atoms with Gasteiger partial charge in [0.15, 0.2) is 5.75 Å². The second-order valence-corrected chi connectivity index (χ2v) is 18.8. The Morgan fingerprint density at radius 1 is 0.382 bits per heavy atom. The zero-order chi connectivity index (χ0) is 49.1. The van der Waals surface area contributed by atoms with Gasteiger partial charge in [-0.3, -0.25) is 13.7 Å². The zero-order valence-corrected chi connectivity index (χ0v) is 37.7. The Balaban J connectivity index is 1.05. The average molecular weight is 979 g/mol. The van der Waals surface area contributed by atoms with Crippen molar-refractivity contribution in [3.8, 4) is 17.2 Å². The molecule has 25 heteroatoms. The lowest BCUT2D eigenvalue weighted by molar-refractivity contribution is 0.471. The first-order chi connectivity index (χ1) is 32.0. The van der Waals surface area contributed by atoms with Crippen molar-refractivity contribution < 1.29 is 54.2 Å². The van der Waals surface area contributed by atoms with Crippen LogP contribution in [0, 0.1) is 20.8 Å². The summed E-state index contributed by atoms with van der Waals surface area (Å²) in [6, 6.07) is 26.2. The largest absolute Gasteiger partial charge is 0.508 e. The molecule has 0 aliphatic carbocycles. The van der Waals surface area contributed by atoms with Gasteiger partial charge in [-0.15, -0.1) is 15.3 Å². The topological polar surface area (TPSA) is 347 Å². The maximum atomic E-state index is 12.5. The van der Waals surface area contributed by atoms with Crippen LogP contribution in [0.15, 0.2) is 181 Å². The molecule has 6 N–H and O–H groups in total. The van der Waals surface area contributed by atoms with Crippen LogP contribution in [0.1, 0.15) is 16.7 Å². The molecule has 7 aromatic rings. The first-order valence-electron chi connectivity index (χ1n) is 19.3. The van der Waals surface area contributed by atoms with E-state index in [4.69, 9.17) is 0 Å². The van der Waals surface area contributed by atoms with Crippen LogP contribution in [0.2, 0.25) is 0 Å². The third-order valence-corrected chi connectivity index (χ3v) is 12.3. The van der Waals surface area contributed by atoms with E-state index >= 15 is 0 Å². The number of aryl methyl sites for hydroxylation is 3. The van der Waals surface area contributed by atoms with Gasteiger partial charge >= 0.3 is 0 Å². The summed E-state index contributed by atoms with van der Waals surface area (Å²) in [5.74, 6) is -0.985. The Hall–Kier alpha value is -8.07. The summed E-state index contributed by atoms with van der Waals surface area (Å²) in [7, 11) is -14.7. The molecule has 0 aliphatic rings. The summed E-state index contributed by atoms with van der Waals surface area (Å²) >= 11 is 0. The number of azo groups is 5. The minimum absolute atomic E-state index is 0.0479. The first-order valence-corrected chi connectivity index (χ1v) is 23.6. The fourth-order valence-corrected chi connectivity index (χ4v) is 8.08. The van der Waals surface area contributed by atoms with E-state index in [2.05, 4.69) is 51.1 Å². The standard InChI is InChI=1S/C43H34N10O12S3/c1-23-16-29(7-13-34(23)48-46-28-8-14-35(24(2)17-28)49-50-36-15-11-32(66(57,58)59)21-40(36)67(60,61)62)47-51-37-22-39(55)38(18-25(37)3)52-53-42-41(68(63,64)65)20-26-19-30(6-12-33(26)43(42)56)45-44-27-4-9-31(54)10-5-27/h4-22,54-56H,1-3H3,(H,57,58,59)(H,60,61,62)(H,63,64,65). The highest BCUT2D eigenvalue weighted by Gasteiger charge is 2.23. The van der Waals surface area contributed by atoms with Crippen molar-refractivity contribution >= 4 is 98.0 Å². The molecule has 0 bridgehead atoms. The molecule has 0 saturated carbocycles. The number of hydrogen-bond acceptors (Lipinski definition) is 19. The molecule has 7 aromatic carbocycles. The van der Waals surface area contributed by atoms with Gasteiger partial charge in [-0.1, -0.05) is 0 Å². The van der Waals surface area contributed by atoms with E-state index < -0.39 is 62.2 Å². The fraction of sp³-hybridized carbons (Fsp3) is 0.0698. The Morgan fingerprint density at radius 3 is 1.44 bits per heavy atom. The predicted octanol–water partition coefficient (Wildman–Crippen LogP) is 12.7. The van der Waals surface area contributed by atoms with Crippen LogP contribution >= 0.6 is 0 Å². The Kier molecular flexibility index (Phi) is 13.4. The molecule has 22 nitrogen and oxygen atoms in total. The Bertz CT molecular complexity index is 3680. The first kappa shape index (κ1) is 47.9. The number of phenols is 3. The van der Waals surface area contributed by atoms with Gasteiger partial charge in [0.1, 0.15) is 38.4 Å². The van der Waals surface area contributed by atoms with Gasteiger partial charge in [0.2, 0.25) is 0 Å². The van der Waals surface area contributed by atoms with Gasteiger partial charge < -0.3 is 15.3 Å². The average Bonchev–Trinajstić information content (AvgIpc) is 3.27. The lowest BCUT2D eigenvalue weighted by Crippen LogP contribution is -2.03. The molecule has 346 valence electrons. The molecule has 7 rings (SSSR count). The fourth-order valence-electron chi connectivity index (χ4n) is 6.19. The number of fused-ring (bicyclic) bond motifs is 1. The Morgan fingerprint density at radius 2 is 0.853 bits per heavy atom. The van der Waals surface area contributed by atoms with Gasteiger partial charge in [0.25, 0.3) is 30.4 Å². The summed E-state index contributed by atoms with van der Waals surface area (Å²) in [5.41, 5.74) is 3.24. The van der Waals surface area contributed by atoms with Crippen LogP contribution in [0.25, 0.3) is 10.8 Å². The van der Waals surface area contributed by atoms with Crippen molar-refractivity contribution in [1.29, 1.82) is 0 Å². The highest BCUT2D eigenvalue weighted by molar-refractivity contribution is 7.87. The number of hydrogen-bond donors (Lipinski definition) is 6. The summed E-state index contributed by atoms with van der Waals surface area (Å²) < 4.78 is 100. The van der Waals surface area contributed by atoms with Crippen LogP contribution in [-0.2, 0) is 30.4 Å². The van der Waals surface area contributed by atoms with E-state index in [9.17, 15) is 54.2 Å².